The number of alkyl halides is 9. The van der Waals surface area contributed by atoms with Crippen LogP contribution < -0.4 is 0 Å². The Morgan fingerprint density at radius 2 is 1.07 bits per heavy atom. The van der Waals surface area contributed by atoms with Crippen molar-refractivity contribution in [3.05, 3.63) is 0 Å². The van der Waals surface area contributed by atoms with Crippen LogP contribution in [-0.2, 0) is 14.3 Å². The molecule has 0 saturated heterocycles. The van der Waals surface area contributed by atoms with Crippen molar-refractivity contribution >= 4 is 10.1 Å². The predicted molar refractivity (Wildman–Crippen MR) is 71.8 cm³/mol. The van der Waals surface area contributed by atoms with Gasteiger partial charge in [-0.25, -0.2) is 0 Å². The summed E-state index contributed by atoms with van der Waals surface area (Å²) in [4.78, 5) is 0. The monoisotopic (exact) mass is 434 g/mol. The van der Waals surface area contributed by atoms with E-state index in [2.05, 4.69) is 4.18 Å². The third-order valence-electron chi connectivity index (χ3n) is 5.70. The van der Waals surface area contributed by atoms with Gasteiger partial charge in [0, 0.05) is 0 Å². The maximum atomic E-state index is 13.8. The van der Waals surface area contributed by atoms with Gasteiger partial charge in [0.1, 0.15) is 0 Å². The average Bonchev–Trinajstić information content (AvgIpc) is 2.42. The lowest BCUT2D eigenvalue weighted by Gasteiger charge is -2.55. The van der Waals surface area contributed by atoms with Crippen LogP contribution in [-0.4, -0.2) is 37.3 Å². The average molecular weight is 434 g/mol. The summed E-state index contributed by atoms with van der Waals surface area (Å²) in [6, 6.07) is 0. The van der Waals surface area contributed by atoms with Gasteiger partial charge in [-0.2, -0.15) is 47.9 Å². The summed E-state index contributed by atoms with van der Waals surface area (Å²) in [5.41, 5.74) is -1.76. The van der Waals surface area contributed by atoms with Crippen LogP contribution in [0.25, 0.3) is 0 Å². The highest BCUT2D eigenvalue weighted by molar-refractivity contribution is 7.87. The van der Waals surface area contributed by atoms with Crippen molar-refractivity contribution in [1.82, 2.24) is 0 Å². The molecule has 27 heavy (non-hydrogen) atoms. The summed E-state index contributed by atoms with van der Waals surface area (Å²) in [5.74, 6) is -14.8. The topological polar surface area (TPSA) is 43.4 Å². The van der Waals surface area contributed by atoms with Gasteiger partial charge in [-0.1, -0.05) is 0 Å². The number of halogens is 9. The molecule has 4 rings (SSSR count). The molecule has 0 spiro atoms. The normalized spacial score (nSPS) is 34.9. The lowest BCUT2D eigenvalue weighted by Crippen LogP contribution is -2.64. The zero-order valence-electron chi connectivity index (χ0n) is 13.5. The van der Waals surface area contributed by atoms with E-state index in [1.54, 1.807) is 0 Å². The minimum atomic E-state index is -7.28. The van der Waals surface area contributed by atoms with Gasteiger partial charge < -0.3 is 0 Å². The van der Waals surface area contributed by atoms with Gasteiger partial charge in [-0.15, -0.1) is 0 Å². The molecule has 13 heteroatoms. The van der Waals surface area contributed by atoms with E-state index in [9.17, 15) is 47.9 Å². The molecule has 4 aliphatic carbocycles. The van der Waals surface area contributed by atoms with Crippen LogP contribution in [0.1, 0.15) is 38.5 Å². The van der Waals surface area contributed by atoms with Gasteiger partial charge >= 0.3 is 33.4 Å². The highest BCUT2D eigenvalue weighted by atomic mass is 32.2. The molecule has 4 saturated carbocycles. The summed E-state index contributed by atoms with van der Waals surface area (Å²) in [6.45, 7) is 0. The molecule has 4 aliphatic rings. The fraction of sp³-hybridized carbons (Fsp3) is 1.00. The molecule has 0 N–H and O–H groups in total. The standard InChI is InChI=1S/C14H15F9O3S/c15-11(16,13(19,20)21)12(17,18)14(22,23)27(24,25)26-10-4-7-1-8(5-10)3-9(2-7)6-10/h7-9H,1-6H2. The molecule has 0 atom stereocenters. The van der Waals surface area contributed by atoms with E-state index in [1.165, 1.54) is 0 Å². The highest BCUT2D eigenvalue weighted by Gasteiger charge is 2.86. The Hall–Kier alpha value is -0.720. The SMILES string of the molecule is O=S(=O)(OC12CC3CC(CC(C3)C1)C2)C(F)(F)C(F)(F)C(F)(F)C(F)(F)F. The molecule has 0 heterocycles. The fourth-order valence-corrected chi connectivity index (χ4v) is 6.15. The molecule has 0 aromatic rings. The Kier molecular flexibility index (Phi) is 4.41. The van der Waals surface area contributed by atoms with E-state index in [4.69, 9.17) is 0 Å². The molecule has 0 aromatic heterocycles. The Bertz CT molecular complexity index is 679. The molecule has 0 aromatic carbocycles. The molecule has 4 fully saturated rings. The molecule has 158 valence electrons. The minimum Gasteiger partial charge on any atom is -0.259 e. The van der Waals surface area contributed by atoms with Gasteiger partial charge in [-0.3, -0.25) is 4.18 Å². The van der Waals surface area contributed by atoms with Crippen LogP contribution >= 0.6 is 0 Å². The summed E-state index contributed by atoms with van der Waals surface area (Å²) in [5, 5.41) is -6.78. The lowest BCUT2D eigenvalue weighted by atomic mass is 9.54. The van der Waals surface area contributed by atoms with Gasteiger partial charge in [0.15, 0.2) is 0 Å². The van der Waals surface area contributed by atoms with Crippen molar-refractivity contribution in [3.63, 3.8) is 0 Å². The van der Waals surface area contributed by atoms with Crippen molar-refractivity contribution in [2.24, 2.45) is 17.8 Å². The Balaban J connectivity index is 1.92. The van der Waals surface area contributed by atoms with E-state index in [1.807, 2.05) is 0 Å². The van der Waals surface area contributed by atoms with E-state index >= 15 is 0 Å². The fourth-order valence-electron chi connectivity index (χ4n) is 4.94. The molecular formula is C14H15F9O3S. The van der Waals surface area contributed by atoms with Crippen molar-refractivity contribution in [3.8, 4) is 0 Å². The zero-order valence-corrected chi connectivity index (χ0v) is 14.3. The molecule has 0 radical (unpaired) electrons. The summed E-state index contributed by atoms with van der Waals surface area (Å²) in [7, 11) is -6.79. The largest absolute Gasteiger partial charge is 0.460 e. The van der Waals surface area contributed by atoms with Crippen LogP contribution in [0.15, 0.2) is 0 Å². The first-order valence-electron chi connectivity index (χ1n) is 8.09. The molecule has 0 amide bonds. The highest BCUT2D eigenvalue weighted by Crippen LogP contribution is 2.60. The van der Waals surface area contributed by atoms with Crippen LogP contribution in [0.2, 0.25) is 0 Å². The van der Waals surface area contributed by atoms with Gasteiger partial charge in [0.25, 0.3) is 0 Å². The van der Waals surface area contributed by atoms with Crippen molar-refractivity contribution in [2.45, 2.75) is 67.4 Å². The van der Waals surface area contributed by atoms with Crippen LogP contribution in [0, 0.1) is 17.8 Å². The van der Waals surface area contributed by atoms with Gasteiger partial charge in [-0.05, 0) is 56.3 Å². The number of hydrogen-bond acceptors (Lipinski definition) is 3. The predicted octanol–water partition coefficient (Wildman–Crippen LogP) is 4.73. The molecule has 3 nitrogen and oxygen atoms in total. The van der Waals surface area contributed by atoms with Gasteiger partial charge in [0.2, 0.25) is 0 Å². The maximum Gasteiger partial charge on any atom is 0.460 e. The van der Waals surface area contributed by atoms with E-state index in [-0.39, 0.29) is 37.0 Å². The Labute approximate surface area is 148 Å². The van der Waals surface area contributed by atoms with E-state index in [0.29, 0.717) is 19.3 Å². The third-order valence-corrected chi connectivity index (χ3v) is 7.16. The number of rotatable bonds is 5. The zero-order chi connectivity index (χ0) is 20.7. The van der Waals surface area contributed by atoms with Crippen LogP contribution in [0.3, 0.4) is 0 Å². The Morgan fingerprint density at radius 3 is 1.41 bits per heavy atom. The lowest BCUT2D eigenvalue weighted by molar-refractivity contribution is -0.383. The number of hydrogen-bond donors (Lipinski definition) is 0. The molecule has 4 bridgehead atoms. The van der Waals surface area contributed by atoms with E-state index in [0.717, 1.165) is 0 Å². The second-order valence-corrected chi connectivity index (χ2v) is 9.39. The van der Waals surface area contributed by atoms with Crippen LogP contribution in [0.4, 0.5) is 39.5 Å². The van der Waals surface area contributed by atoms with Crippen LogP contribution in [0.5, 0.6) is 0 Å². The first-order valence-corrected chi connectivity index (χ1v) is 9.50. The van der Waals surface area contributed by atoms with E-state index < -0.39 is 39.0 Å². The quantitative estimate of drug-likeness (QED) is 0.464. The summed E-state index contributed by atoms with van der Waals surface area (Å²) in [6.07, 6.45) is -5.18. The van der Waals surface area contributed by atoms with Crippen molar-refractivity contribution < 1.29 is 52.1 Å². The smallest absolute Gasteiger partial charge is 0.259 e. The van der Waals surface area contributed by atoms with Crippen molar-refractivity contribution in [2.75, 3.05) is 0 Å². The first-order chi connectivity index (χ1) is 11.9. The molecule has 0 aliphatic heterocycles. The Morgan fingerprint density at radius 1 is 0.704 bits per heavy atom. The summed E-state index contributed by atoms with van der Waals surface area (Å²) >= 11 is 0. The van der Waals surface area contributed by atoms with Crippen molar-refractivity contribution in [1.29, 1.82) is 0 Å². The third kappa shape index (κ3) is 2.94. The van der Waals surface area contributed by atoms with Gasteiger partial charge in [0.05, 0.1) is 5.60 Å². The molecular weight excluding hydrogens is 419 g/mol. The maximum absolute atomic E-state index is 13.8. The second-order valence-electron chi connectivity index (χ2n) is 7.80. The first kappa shape index (κ1) is 21.0. The second kappa shape index (κ2) is 5.67. The minimum absolute atomic E-state index is 0.0451. The molecule has 0 unspecified atom stereocenters. The summed E-state index contributed by atoms with van der Waals surface area (Å²) < 4.78 is 145.